The van der Waals surface area contributed by atoms with Crippen LogP contribution in [0, 0.1) is 0 Å². The molecule has 0 unspecified atom stereocenters. The number of halogens is 1. The molecule has 0 aliphatic carbocycles. The van der Waals surface area contributed by atoms with Gasteiger partial charge in [-0.2, -0.15) is 0 Å². The number of hydrogen-bond donors (Lipinski definition) is 0. The quantitative estimate of drug-likeness (QED) is 0.607. The maximum absolute atomic E-state index is 13.1. The maximum atomic E-state index is 13.1. The molecule has 1 heterocycles. The zero-order chi connectivity index (χ0) is 17.8. The van der Waals surface area contributed by atoms with Crippen LogP contribution in [0.5, 0.6) is 0 Å². The number of fused-ring (bicyclic) bond motifs is 1. The number of hydrogen-bond acceptors (Lipinski definition) is 3. The Balaban J connectivity index is 1.95. The summed E-state index contributed by atoms with van der Waals surface area (Å²) in [6.07, 6.45) is 2.45. The summed E-state index contributed by atoms with van der Waals surface area (Å²) in [4.78, 5) is 23.9. The summed E-state index contributed by atoms with van der Waals surface area (Å²) in [7, 11) is 0. The van der Waals surface area contributed by atoms with Crippen LogP contribution in [0.2, 0.25) is 0 Å². The van der Waals surface area contributed by atoms with Gasteiger partial charge in [0.25, 0.3) is 5.91 Å². The van der Waals surface area contributed by atoms with Crippen LogP contribution in [0.25, 0.3) is 11.0 Å². The van der Waals surface area contributed by atoms with E-state index < -0.39 is 0 Å². The first kappa shape index (κ1) is 17.5. The van der Waals surface area contributed by atoms with Crippen molar-refractivity contribution < 1.29 is 4.79 Å². The summed E-state index contributed by atoms with van der Waals surface area (Å²) >= 11 is 3.59. The molecule has 4 nitrogen and oxygen atoms in total. The molecule has 0 saturated heterocycles. The Morgan fingerprint density at radius 1 is 1.12 bits per heavy atom. The molecule has 0 bridgehead atoms. The summed E-state index contributed by atoms with van der Waals surface area (Å²) in [5, 5.41) is 0. The van der Waals surface area contributed by atoms with Gasteiger partial charge in [-0.1, -0.05) is 53.2 Å². The van der Waals surface area contributed by atoms with Crippen molar-refractivity contribution in [1.29, 1.82) is 0 Å². The lowest BCUT2D eigenvalue weighted by molar-refractivity contribution is 0.0684. The molecule has 0 radical (unpaired) electrons. The summed E-state index contributed by atoms with van der Waals surface area (Å²) in [5.74, 6) is -0.0941. The molecule has 2 aromatic carbocycles. The van der Waals surface area contributed by atoms with Crippen LogP contribution < -0.4 is 0 Å². The van der Waals surface area contributed by atoms with Crippen molar-refractivity contribution in [3.63, 3.8) is 0 Å². The Bertz CT molecular complexity index is 897. The number of carbonyl (C=O) groups is 1. The second-order valence-electron chi connectivity index (χ2n) is 5.94. The number of carbonyl (C=O) groups excluding carboxylic acids is 1. The SMILES string of the molecule is CCCN(C(=O)c1cnc2ccccc2n1)[C@@H](C)c1ccccc1Br. The van der Waals surface area contributed by atoms with E-state index in [4.69, 9.17) is 0 Å². The molecule has 128 valence electrons. The molecule has 1 atom stereocenters. The largest absolute Gasteiger partial charge is 0.330 e. The average Bonchev–Trinajstić information content (AvgIpc) is 2.65. The zero-order valence-corrected chi connectivity index (χ0v) is 15.9. The van der Waals surface area contributed by atoms with Gasteiger partial charge in [0.05, 0.1) is 23.3 Å². The second kappa shape index (κ2) is 7.74. The Labute approximate surface area is 156 Å². The molecule has 3 aromatic rings. The molecule has 0 N–H and O–H groups in total. The van der Waals surface area contributed by atoms with Crippen molar-refractivity contribution in [3.8, 4) is 0 Å². The highest BCUT2D eigenvalue weighted by molar-refractivity contribution is 9.10. The average molecular weight is 398 g/mol. The molecule has 1 amide bonds. The van der Waals surface area contributed by atoms with Gasteiger partial charge < -0.3 is 4.90 Å². The fourth-order valence-electron chi connectivity index (χ4n) is 2.90. The third-order valence-electron chi connectivity index (χ3n) is 4.22. The molecule has 5 heteroatoms. The van der Waals surface area contributed by atoms with E-state index in [0.717, 1.165) is 27.5 Å². The summed E-state index contributed by atoms with van der Waals surface area (Å²) in [6, 6.07) is 15.5. The van der Waals surface area contributed by atoms with E-state index in [1.54, 1.807) is 6.20 Å². The van der Waals surface area contributed by atoms with Gasteiger partial charge in [-0.25, -0.2) is 4.98 Å². The van der Waals surface area contributed by atoms with Crippen LogP contribution in [-0.4, -0.2) is 27.3 Å². The van der Waals surface area contributed by atoms with Gasteiger partial charge in [-0.15, -0.1) is 0 Å². The first-order chi connectivity index (χ1) is 12.1. The van der Waals surface area contributed by atoms with Crippen molar-refractivity contribution in [2.45, 2.75) is 26.3 Å². The van der Waals surface area contributed by atoms with E-state index in [9.17, 15) is 4.79 Å². The fourth-order valence-corrected chi connectivity index (χ4v) is 3.52. The van der Waals surface area contributed by atoms with Gasteiger partial charge in [-0.3, -0.25) is 9.78 Å². The maximum Gasteiger partial charge on any atom is 0.274 e. The lowest BCUT2D eigenvalue weighted by Crippen LogP contribution is -2.35. The third-order valence-corrected chi connectivity index (χ3v) is 4.94. The Hall–Kier alpha value is -2.27. The number of nitrogens with zero attached hydrogens (tertiary/aromatic N) is 3. The normalized spacial score (nSPS) is 12.1. The highest BCUT2D eigenvalue weighted by Gasteiger charge is 2.24. The van der Waals surface area contributed by atoms with Crippen molar-refractivity contribution in [2.75, 3.05) is 6.54 Å². The lowest BCUT2D eigenvalue weighted by Gasteiger charge is -2.29. The van der Waals surface area contributed by atoms with Gasteiger partial charge in [0.15, 0.2) is 0 Å². The number of para-hydroxylation sites is 2. The number of amides is 1. The summed E-state index contributed by atoms with van der Waals surface area (Å²) < 4.78 is 1.00. The highest BCUT2D eigenvalue weighted by Crippen LogP contribution is 2.28. The Morgan fingerprint density at radius 2 is 1.80 bits per heavy atom. The van der Waals surface area contributed by atoms with Gasteiger partial charge in [-0.05, 0) is 37.1 Å². The topological polar surface area (TPSA) is 46.1 Å². The van der Waals surface area contributed by atoms with Gasteiger partial charge in [0.2, 0.25) is 0 Å². The van der Waals surface area contributed by atoms with Crippen LogP contribution in [0.4, 0.5) is 0 Å². The first-order valence-electron chi connectivity index (χ1n) is 8.39. The Kier molecular flexibility index (Phi) is 5.43. The molecule has 0 fully saturated rings. The van der Waals surface area contributed by atoms with Crippen molar-refractivity contribution in [2.24, 2.45) is 0 Å². The minimum atomic E-state index is -0.0941. The minimum Gasteiger partial charge on any atom is -0.330 e. The fraction of sp³-hybridized carbons (Fsp3) is 0.250. The highest BCUT2D eigenvalue weighted by atomic mass is 79.9. The van der Waals surface area contributed by atoms with Crippen LogP contribution in [0.1, 0.15) is 42.4 Å². The standard InChI is InChI=1S/C20H20BrN3O/c1-3-12-24(14(2)15-8-4-5-9-16(15)21)20(25)19-13-22-17-10-6-7-11-18(17)23-19/h4-11,13-14H,3,12H2,1-2H3/t14-/m0/s1. The van der Waals surface area contributed by atoms with Crippen LogP contribution in [-0.2, 0) is 0 Å². The van der Waals surface area contributed by atoms with Crippen LogP contribution in [0.15, 0.2) is 59.2 Å². The second-order valence-corrected chi connectivity index (χ2v) is 6.79. The van der Waals surface area contributed by atoms with E-state index >= 15 is 0 Å². The van der Waals surface area contributed by atoms with Gasteiger partial charge in [0, 0.05) is 11.0 Å². The third kappa shape index (κ3) is 3.71. The molecule has 0 saturated carbocycles. The smallest absolute Gasteiger partial charge is 0.274 e. The van der Waals surface area contributed by atoms with E-state index in [1.807, 2.05) is 60.4 Å². The zero-order valence-electron chi connectivity index (χ0n) is 14.3. The molecule has 3 rings (SSSR count). The van der Waals surface area contributed by atoms with Gasteiger partial charge in [0.1, 0.15) is 5.69 Å². The minimum absolute atomic E-state index is 0.0590. The van der Waals surface area contributed by atoms with Gasteiger partial charge >= 0.3 is 0 Å². The van der Waals surface area contributed by atoms with E-state index in [1.165, 1.54) is 0 Å². The molecular formula is C20H20BrN3O. The predicted octanol–water partition coefficient (Wildman–Crippen LogP) is 5.01. The monoisotopic (exact) mass is 397 g/mol. The van der Waals surface area contributed by atoms with Crippen molar-refractivity contribution in [1.82, 2.24) is 14.9 Å². The molecule has 1 aromatic heterocycles. The molecule has 25 heavy (non-hydrogen) atoms. The molecule has 0 spiro atoms. The van der Waals surface area contributed by atoms with Crippen molar-refractivity contribution in [3.05, 3.63) is 70.5 Å². The Morgan fingerprint density at radius 3 is 2.52 bits per heavy atom. The predicted molar refractivity (Wildman–Crippen MR) is 103 cm³/mol. The van der Waals surface area contributed by atoms with Crippen molar-refractivity contribution >= 4 is 32.9 Å². The van der Waals surface area contributed by atoms with Crippen LogP contribution in [0.3, 0.4) is 0 Å². The van der Waals surface area contributed by atoms with E-state index in [-0.39, 0.29) is 11.9 Å². The number of benzene rings is 2. The number of rotatable bonds is 5. The first-order valence-corrected chi connectivity index (χ1v) is 9.18. The summed E-state index contributed by atoms with van der Waals surface area (Å²) in [6.45, 7) is 4.77. The lowest BCUT2D eigenvalue weighted by atomic mass is 10.1. The summed E-state index contributed by atoms with van der Waals surface area (Å²) in [5.41, 5.74) is 2.99. The number of aromatic nitrogens is 2. The van der Waals surface area contributed by atoms with Crippen LogP contribution >= 0.6 is 15.9 Å². The van der Waals surface area contributed by atoms with E-state index in [0.29, 0.717) is 12.2 Å². The molecular weight excluding hydrogens is 378 g/mol. The molecule has 0 aliphatic rings. The molecule has 0 aliphatic heterocycles. The van der Waals surface area contributed by atoms with E-state index in [2.05, 4.69) is 32.8 Å².